The standard InChI is InChI=1S/C15H18N4O/c1-2-15(10-16-3-1)19-6-7-20-12-13(11-19)8-14-9-17-4-5-18-14/h1-5,9-10,13H,6-8,11-12H2/t13-/m0/s1. The molecule has 104 valence electrons. The zero-order chi connectivity index (χ0) is 13.6. The molecule has 1 saturated heterocycles. The molecule has 0 aliphatic carbocycles. The Bertz CT molecular complexity index is 520. The Morgan fingerprint density at radius 1 is 1.20 bits per heavy atom. The van der Waals surface area contributed by atoms with Crippen molar-refractivity contribution in [3.05, 3.63) is 48.8 Å². The van der Waals surface area contributed by atoms with Crippen molar-refractivity contribution in [1.29, 1.82) is 0 Å². The molecule has 2 aromatic heterocycles. The maximum absolute atomic E-state index is 5.72. The number of hydrogen-bond donors (Lipinski definition) is 0. The van der Waals surface area contributed by atoms with Crippen molar-refractivity contribution >= 4 is 5.69 Å². The van der Waals surface area contributed by atoms with Crippen molar-refractivity contribution in [3.8, 4) is 0 Å². The molecule has 1 aliphatic heterocycles. The Labute approximate surface area is 118 Å². The van der Waals surface area contributed by atoms with E-state index in [-0.39, 0.29) is 0 Å². The topological polar surface area (TPSA) is 51.1 Å². The van der Waals surface area contributed by atoms with Gasteiger partial charge in [-0.2, -0.15) is 0 Å². The molecular weight excluding hydrogens is 252 g/mol. The smallest absolute Gasteiger partial charge is 0.0641 e. The first-order valence-corrected chi connectivity index (χ1v) is 6.89. The lowest BCUT2D eigenvalue weighted by molar-refractivity contribution is 0.123. The van der Waals surface area contributed by atoms with E-state index in [1.165, 1.54) is 0 Å². The quantitative estimate of drug-likeness (QED) is 0.847. The van der Waals surface area contributed by atoms with Gasteiger partial charge < -0.3 is 9.64 Å². The van der Waals surface area contributed by atoms with E-state index in [1.807, 2.05) is 18.5 Å². The summed E-state index contributed by atoms with van der Waals surface area (Å²) in [5.41, 5.74) is 2.18. The van der Waals surface area contributed by atoms with E-state index in [0.717, 1.165) is 44.1 Å². The fraction of sp³-hybridized carbons (Fsp3) is 0.400. The minimum absolute atomic E-state index is 0.425. The predicted molar refractivity (Wildman–Crippen MR) is 76.5 cm³/mol. The second kappa shape index (κ2) is 6.43. The fourth-order valence-corrected chi connectivity index (χ4v) is 2.51. The number of nitrogens with zero attached hydrogens (tertiary/aromatic N) is 4. The molecule has 5 heteroatoms. The van der Waals surface area contributed by atoms with Crippen LogP contribution in [0.5, 0.6) is 0 Å². The van der Waals surface area contributed by atoms with Crippen molar-refractivity contribution in [2.75, 3.05) is 31.2 Å². The van der Waals surface area contributed by atoms with Gasteiger partial charge in [-0.3, -0.25) is 15.0 Å². The summed E-state index contributed by atoms with van der Waals surface area (Å²) in [6.07, 6.45) is 9.88. The predicted octanol–water partition coefficient (Wildman–Crippen LogP) is 1.57. The summed E-state index contributed by atoms with van der Waals surface area (Å²) in [6, 6.07) is 4.07. The first-order chi connectivity index (χ1) is 9.92. The van der Waals surface area contributed by atoms with Crippen LogP contribution in [0.1, 0.15) is 5.69 Å². The molecule has 5 nitrogen and oxygen atoms in total. The van der Waals surface area contributed by atoms with Crippen molar-refractivity contribution < 1.29 is 4.74 Å². The molecule has 3 rings (SSSR count). The highest BCUT2D eigenvalue weighted by Gasteiger charge is 2.20. The van der Waals surface area contributed by atoms with E-state index in [2.05, 4.69) is 25.9 Å². The molecule has 1 aliphatic rings. The third-order valence-electron chi connectivity index (χ3n) is 3.46. The zero-order valence-electron chi connectivity index (χ0n) is 11.4. The van der Waals surface area contributed by atoms with Gasteiger partial charge >= 0.3 is 0 Å². The highest BCUT2D eigenvalue weighted by atomic mass is 16.5. The Morgan fingerprint density at radius 3 is 2.95 bits per heavy atom. The minimum Gasteiger partial charge on any atom is -0.379 e. The van der Waals surface area contributed by atoms with Gasteiger partial charge in [0.05, 0.1) is 30.8 Å². The van der Waals surface area contributed by atoms with Crippen LogP contribution in [0, 0.1) is 5.92 Å². The molecule has 0 bridgehead atoms. The number of hydrogen-bond acceptors (Lipinski definition) is 5. The van der Waals surface area contributed by atoms with Crippen LogP contribution in [0.15, 0.2) is 43.1 Å². The molecule has 0 spiro atoms. The van der Waals surface area contributed by atoms with Gasteiger partial charge in [-0.15, -0.1) is 0 Å². The van der Waals surface area contributed by atoms with Crippen LogP contribution in [0.4, 0.5) is 5.69 Å². The third kappa shape index (κ3) is 3.30. The van der Waals surface area contributed by atoms with Crippen molar-refractivity contribution in [2.24, 2.45) is 5.92 Å². The van der Waals surface area contributed by atoms with Crippen LogP contribution in [0.25, 0.3) is 0 Å². The normalized spacial score (nSPS) is 19.6. The molecule has 0 amide bonds. The first-order valence-electron chi connectivity index (χ1n) is 6.89. The van der Waals surface area contributed by atoms with Crippen molar-refractivity contribution in [3.63, 3.8) is 0 Å². The van der Waals surface area contributed by atoms with Crippen LogP contribution < -0.4 is 4.90 Å². The largest absolute Gasteiger partial charge is 0.379 e. The second-order valence-electron chi connectivity index (χ2n) is 5.00. The summed E-state index contributed by atoms with van der Waals surface area (Å²) in [4.78, 5) is 15.0. The molecule has 0 aromatic carbocycles. The minimum atomic E-state index is 0.425. The molecule has 3 heterocycles. The highest BCUT2D eigenvalue weighted by molar-refractivity contribution is 5.43. The van der Waals surface area contributed by atoms with Gasteiger partial charge in [0.15, 0.2) is 0 Å². The van der Waals surface area contributed by atoms with Crippen molar-refractivity contribution in [2.45, 2.75) is 6.42 Å². The van der Waals surface area contributed by atoms with Crippen LogP contribution in [-0.4, -0.2) is 41.3 Å². The summed E-state index contributed by atoms with van der Waals surface area (Å²) in [5, 5.41) is 0. The Hall–Kier alpha value is -2.01. The van der Waals surface area contributed by atoms with Gasteiger partial charge in [0.2, 0.25) is 0 Å². The molecule has 20 heavy (non-hydrogen) atoms. The second-order valence-corrected chi connectivity index (χ2v) is 5.00. The average Bonchev–Trinajstić information content (AvgIpc) is 2.75. The first kappa shape index (κ1) is 13.0. The Kier molecular flexibility index (Phi) is 4.18. The molecule has 0 unspecified atom stereocenters. The third-order valence-corrected chi connectivity index (χ3v) is 3.46. The van der Waals surface area contributed by atoms with Gasteiger partial charge in [-0.05, 0) is 18.6 Å². The summed E-state index contributed by atoms with van der Waals surface area (Å²) in [6.45, 7) is 3.39. The zero-order valence-corrected chi connectivity index (χ0v) is 11.4. The van der Waals surface area contributed by atoms with E-state index in [4.69, 9.17) is 4.74 Å². The summed E-state index contributed by atoms with van der Waals surface area (Å²) < 4.78 is 5.72. The lowest BCUT2D eigenvalue weighted by atomic mass is 10.0. The SMILES string of the molecule is c1cncc(N2CCOC[C@@H](Cc3cnccn3)C2)c1. The van der Waals surface area contributed by atoms with E-state index in [9.17, 15) is 0 Å². The van der Waals surface area contributed by atoms with Gasteiger partial charge in [0.25, 0.3) is 0 Å². The highest BCUT2D eigenvalue weighted by Crippen LogP contribution is 2.18. The molecular formula is C15H18N4O. The number of pyridine rings is 1. The summed E-state index contributed by atoms with van der Waals surface area (Å²) in [5.74, 6) is 0.425. The molecule has 0 N–H and O–H groups in total. The van der Waals surface area contributed by atoms with E-state index < -0.39 is 0 Å². The van der Waals surface area contributed by atoms with E-state index >= 15 is 0 Å². The molecule has 0 radical (unpaired) electrons. The van der Waals surface area contributed by atoms with Crippen LogP contribution in [0.2, 0.25) is 0 Å². The molecule has 0 saturated carbocycles. The number of anilines is 1. The van der Waals surface area contributed by atoms with Crippen LogP contribution in [0.3, 0.4) is 0 Å². The lowest BCUT2D eigenvalue weighted by Crippen LogP contribution is -2.31. The summed E-state index contributed by atoms with van der Waals surface area (Å²) in [7, 11) is 0. The molecule has 1 atom stereocenters. The van der Waals surface area contributed by atoms with Crippen LogP contribution in [-0.2, 0) is 11.2 Å². The Morgan fingerprint density at radius 2 is 2.15 bits per heavy atom. The number of aromatic nitrogens is 3. The summed E-state index contributed by atoms with van der Waals surface area (Å²) >= 11 is 0. The van der Waals surface area contributed by atoms with Gasteiger partial charge in [0, 0.05) is 43.8 Å². The molecule has 1 fully saturated rings. The number of ether oxygens (including phenoxy) is 1. The maximum atomic E-state index is 5.72. The van der Waals surface area contributed by atoms with Gasteiger partial charge in [0.1, 0.15) is 0 Å². The van der Waals surface area contributed by atoms with Crippen LogP contribution >= 0.6 is 0 Å². The lowest BCUT2D eigenvalue weighted by Gasteiger charge is -2.25. The number of rotatable bonds is 3. The average molecular weight is 270 g/mol. The van der Waals surface area contributed by atoms with Gasteiger partial charge in [-0.1, -0.05) is 0 Å². The molecule has 2 aromatic rings. The van der Waals surface area contributed by atoms with E-state index in [0.29, 0.717) is 5.92 Å². The van der Waals surface area contributed by atoms with Crippen molar-refractivity contribution in [1.82, 2.24) is 15.0 Å². The monoisotopic (exact) mass is 270 g/mol. The van der Waals surface area contributed by atoms with Gasteiger partial charge in [-0.25, -0.2) is 0 Å². The van der Waals surface area contributed by atoms with E-state index in [1.54, 1.807) is 18.6 Å². The fourth-order valence-electron chi connectivity index (χ4n) is 2.51. The maximum Gasteiger partial charge on any atom is 0.0641 e. The Balaban J connectivity index is 1.69.